The fourth-order valence-corrected chi connectivity index (χ4v) is 3.74. The van der Waals surface area contributed by atoms with E-state index in [4.69, 9.17) is 14.3 Å². The molecule has 0 N–H and O–H groups in total. The molecule has 7 nitrogen and oxygen atoms in total. The second-order valence-corrected chi connectivity index (χ2v) is 9.78. The number of hydrogen-bond acceptors (Lipinski definition) is 6. The van der Waals surface area contributed by atoms with E-state index >= 15 is 0 Å². The lowest BCUT2D eigenvalue weighted by molar-refractivity contribution is -0.170. The van der Waals surface area contributed by atoms with Crippen LogP contribution >= 0.6 is 0 Å². The predicted octanol–water partition coefficient (Wildman–Crippen LogP) is 3.94. The maximum Gasteiger partial charge on any atom is 0.324 e. The summed E-state index contributed by atoms with van der Waals surface area (Å²) in [4.78, 5) is 17.6. The van der Waals surface area contributed by atoms with Crippen LogP contribution in [0.3, 0.4) is 0 Å². The zero-order valence-electron chi connectivity index (χ0n) is 18.0. The molecule has 0 radical (unpaired) electrons. The fraction of sp³-hybridized carbons (Fsp3) is 0.409. The summed E-state index contributed by atoms with van der Waals surface area (Å²) in [5.74, 6) is -0.171. The molecule has 30 heavy (non-hydrogen) atoms. The molecule has 0 unspecified atom stereocenters. The molecule has 0 aliphatic heterocycles. The molecule has 0 aliphatic carbocycles. The topological polar surface area (TPSA) is 82.1 Å². The Morgan fingerprint density at radius 1 is 1.00 bits per heavy atom. The number of benzene rings is 2. The SMILES string of the molecule is CC(C)ON(CC(=O)OC(C)(C)C)S(=O)(=O)c1ccc(OCc2ccccc2)cc1. The van der Waals surface area contributed by atoms with Crippen LogP contribution in [0.15, 0.2) is 59.5 Å². The molecule has 0 fully saturated rings. The number of nitrogens with zero attached hydrogens (tertiary/aromatic N) is 1. The van der Waals surface area contributed by atoms with Crippen molar-refractivity contribution >= 4 is 16.0 Å². The Bertz CT molecular complexity index is 918. The lowest BCUT2D eigenvalue weighted by atomic mass is 10.2. The first-order chi connectivity index (χ1) is 14.0. The molecule has 0 bridgehead atoms. The second-order valence-electron chi connectivity index (χ2n) is 7.95. The van der Waals surface area contributed by atoms with Crippen molar-refractivity contribution in [3.63, 3.8) is 0 Å². The Balaban J connectivity index is 2.13. The molecule has 0 saturated heterocycles. The van der Waals surface area contributed by atoms with Gasteiger partial charge in [-0.2, -0.15) is 0 Å². The number of ether oxygens (including phenoxy) is 2. The molecule has 0 atom stereocenters. The van der Waals surface area contributed by atoms with E-state index in [9.17, 15) is 13.2 Å². The van der Waals surface area contributed by atoms with Crippen molar-refractivity contribution in [1.82, 2.24) is 4.47 Å². The van der Waals surface area contributed by atoms with Gasteiger partial charge >= 0.3 is 5.97 Å². The Morgan fingerprint density at radius 3 is 2.13 bits per heavy atom. The minimum Gasteiger partial charge on any atom is -0.489 e. The maximum absolute atomic E-state index is 13.0. The van der Waals surface area contributed by atoms with Gasteiger partial charge in [-0.15, -0.1) is 0 Å². The van der Waals surface area contributed by atoms with Crippen LogP contribution in [0.4, 0.5) is 0 Å². The van der Waals surface area contributed by atoms with Crippen molar-refractivity contribution < 1.29 is 27.5 Å². The Labute approximate surface area is 178 Å². The minimum atomic E-state index is -4.08. The molecule has 8 heteroatoms. The zero-order chi connectivity index (χ0) is 22.4. The number of rotatable bonds is 9. The molecule has 0 aromatic heterocycles. The van der Waals surface area contributed by atoms with Crippen LogP contribution in [0.5, 0.6) is 5.75 Å². The van der Waals surface area contributed by atoms with Crippen LogP contribution in [-0.4, -0.2) is 37.1 Å². The van der Waals surface area contributed by atoms with Crippen LogP contribution < -0.4 is 4.74 Å². The molecular formula is C22H29NO6S. The molecule has 2 aromatic rings. The summed E-state index contributed by atoms with van der Waals surface area (Å²) in [7, 11) is -4.08. The first kappa shape index (κ1) is 23.9. The van der Waals surface area contributed by atoms with Gasteiger partial charge in [0.15, 0.2) is 0 Å². The summed E-state index contributed by atoms with van der Waals surface area (Å²) >= 11 is 0. The largest absolute Gasteiger partial charge is 0.489 e. The third kappa shape index (κ3) is 7.44. The van der Waals surface area contributed by atoms with E-state index in [2.05, 4.69) is 0 Å². The van der Waals surface area contributed by atoms with Crippen molar-refractivity contribution in [3.8, 4) is 5.75 Å². The van der Waals surface area contributed by atoms with Gasteiger partial charge in [-0.1, -0.05) is 34.8 Å². The Hall–Kier alpha value is -2.42. The third-order valence-corrected chi connectivity index (χ3v) is 5.26. The Morgan fingerprint density at radius 2 is 1.60 bits per heavy atom. The number of carbonyl (C=O) groups is 1. The Kier molecular flexibility index (Phi) is 8.00. The van der Waals surface area contributed by atoms with Gasteiger partial charge in [0, 0.05) is 0 Å². The zero-order valence-corrected chi connectivity index (χ0v) is 18.8. The molecule has 0 amide bonds. The minimum absolute atomic E-state index is 0.0150. The molecule has 0 spiro atoms. The molecule has 0 heterocycles. The number of hydroxylamine groups is 1. The molecule has 0 saturated carbocycles. The monoisotopic (exact) mass is 435 g/mol. The van der Waals surface area contributed by atoms with Gasteiger partial charge in [-0.25, -0.2) is 8.42 Å². The van der Waals surface area contributed by atoms with E-state index in [1.165, 1.54) is 12.1 Å². The van der Waals surface area contributed by atoms with Gasteiger partial charge in [0.05, 0.1) is 11.0 Å². The number of esters is 1. The van der Waals surface area contributed by atoms with Crippen molar-refractivity contribution in [3.05, 3.63) is 60.2 Å². The third-order valence-electron chi connectivity index (χ3n) is 3.64. The first-order valence-electron chi connectivity index (χ1n) is 9.65. The highest BCUT2D eigenvalue weighted by atomic mass is 32.2. The highest BCUT2D eigenvalue weighted by Crippen LogP contribution is 2.22. The van der Waals surface area contributed by atoms with Crippen LogP contribution in [-0.2, 0) is 31.0 Å². The summed E-state index contributed by atoms with van der Waals surface area (Å²) in [6.07, 6.45) is -0.448. The predicted molar refractivity (Wildman–Crippen MR) is 113 cm³/mol. The summed E-state index contributed by atoms with van der Waals surface area (Å²) in [6, 6.07) is 15.6. The normalized spacial score (nSPS) is 12.2. The standard InChI is InChI=1S/C22H29NO6S/c1-17(2)29-23(15-21(24)28-22(3,4)5)30(25,26)20-13-11-19(12-14-20)27-16-18-9-7-6-8-10-18/h6-14,17H,15-16H2,1-5H3. The summed E-state index contributed by atoms with van der Waals surface area (Å²) in [5, 5.41) is 0. The average Bonchev–Trinajstić information content (AvgIpc) is 2.65. The highest BCUT2D eigenvalue weighted by molar-refractivity contribution is 7.89. The van der Waals surface area contributed by atoms with Gasteiger partial charge < -0.3 is 9.47 Å². The molecule has 2 aromatic carbocycles. The van der Waals surface area contributed by atoms with Crippen molar-refractivity contribution in [2.75, 3.05) is 6.54 Å². The lowest BCUT2D eigenvalue weighted by Gasteiger charge is -2.25. The van der Waals surface area contributed by atoms with Gasteiger partial charge in [-0.05, 0) is 64.4 Å². The van der Waals surface area contributed by atoms with E-state index in [1.807, 2.05) is 30.3 Å². The second kappa shape index (κ2) is 10.1. The van der Waals surface area contributed by atoms with Gasteiger partial charge in [0.2, 0.25) is 0 Å². The van der Waals surface area contributed by atoms with Crippen molar-refractivity contribution in [2.45, 2.75) is 57.8 Å². The maximum atomic E-state index is 13.0. The average molecular weight is 436 g/mol. The summed E-state index contributed by atoms with van der Waals surface area (Å²) in [5.41, 5.74) is 0.269. The fourth-order valence-electron chi connectivity index (χ4n) is 2.46. The number of carbonyl (C=O) groups excluding carboxylic acids is 1. The lowest BCUT2D eigenvalue weighted by Crippen LogP contribution is -2.40. The van der Waals surface area contributed by atoms with Crippen LogP contribution in [0.1, 0.15) is 40.2 Å². The van der Waals surface area contributed by atoms with E-state index in [0.29, 0.717) is 16.8 Å². The van der Waals surface area contributed by atoms with Crippen molar-refractivity contribution in [2.24, 2.45) is 0 Å². The van der Waals surface area contributed by atoms with Gasteiger partial charge in [0.25, 0.3) is 10.0 Å². The van der Waals surface area contributed by atoms with Crippen LogP contribution in [0, 0.1) is 0 Å². The first-order valence-corrected chi connectivity index (χ1v) is 11.1. The number of sulfonamides is 1. The van der Waals surface area contributed by atoms with E-state index in [-0.39, 0.29) is 4.90 Å². The van der Waals surface area contributed by atoms with E-state index < -0.39 is 34.2 Å². The quantitative estimate of drug-likeness (QED) is 0.438. The van der Waals surface area contributed by atoms with E-state index in [1.54, 1.807) is 46.8 Å². The number of hydrogen-bond donors (Lipinski definition) is 0. The molecule has 2 rings (SSSR count). The molecular weight excluding hydrogens is 406 g/mol. The smallest absolute Gasteiger partial charge is 0.324 e. The summed E-state index contributed by atoms with van der Waals surface area (Å²) in [6.45, 7) is 8.30. The highest BCUT2D eigenvalue weighted by Gasteiger charge is 2.31. The van der Waals surface area contributed by atoms with Gasteiger partial charge in [-0.3, -0.25) is 9.63 Å². The van der Waals surface area contributed by atoms with Crippen molar-refractivity contribution in [1.29, 1.82) is 0 Å². The van der Waals surface area contributed by atoms with E-state index in [0.717, 1.165) is 5.56 Å². The molecule has 164 valence electrons. The molecule has 0 aliphatic rings. The summed E-state index contributed by atoms with van der Waals surface area (Å²) < 4.78 is 37.6. The van der Waals surface area contributed by atoms with Crippen LogP contribution in [0.2, 0.25) is 0 Å². The van der Waals surface area contributed by atoms with Gasteiger partial charge in [0.1, 0.15) is 24.5 Å². The van der Waals surface area contributed by atoms with Crippen LogP contribution in [0.25, 0.3) is 0 Å².